The Morgan fingerprint density at radius 2 is 2.05 bits per heavy atom. The van der Waals surface area contributed by atoms with E-state index in [4.69, 9.17) is 15.7 Å². The highest BCUT2D eigenvalue weighted by molar-refractivity contribution is 7.99. The van der Waals surface area contributed by atoms with Gasteiger partial charge in [0, 0.05) is 12.4 Å². The molecule has 1 aromatic heterocycles. The normalized spacial score (nSPS) is 10.8. The van der Waals surface area contributed by atoms with E-state index in [1.807, 2.05) is 24.3 Å². The number of hydrogen-bond acceptors (Lipinski definition) is 6. The van der Waals surface area contributed by atoms with Gasteiger partial charge in [-0.1, -0.05) is 30.3 Å². The first-order chi connectivity index (χ1) is 10.3. The highest BCUT2D eigenvalue weighted by Gasteiger charge is 2.15. The number of nitrogen functional groups attached to an aromatic ring is 1. The Kier molecular flexibility index (Phi) is 5.89. The summed E-state index contributed by atoms with van der Waals surface area (Å²) in [5.74, 6) is 8.29. The number of methoxy groups -OCH3 is 1. The summed E-state index contributed by atoms with van der Waals surface area (Å²) in [6.07, 6.45) is 2.85. The lowest BCUT2D eigenvalue weighted by molar-refractivity contribution is 0.284. The Labute approximate surface area is 128 Å². The van der Waals surface area contributed by atoms with Gasteiger partial charge in [-0.25, -0.2) is 4.68 Å². The summed E-state index contributed by atoms with van der Waals surface area (Å²) in [5, 5.41) is 17.7. The van der Waals surface area contributed by atoms with Crippen LogP contribution in [0.2, 0.25) is 0 Å². The van der Waals surface area contributed by atoms with E-state index >= 15 is 0 Å². The first-order valence-electron chi connectivity index (χ1n) is 6.85. The molecule has 0 radical (unpaired) electrons. The predicted octanol–water partition coefficient (Wildman–Crippen LogP) is 1.92. The number of para-hydroxylation sites is 1. The summed E-state index contributed by atoms with van der Waals surface area (Å²) in [5.41, 5.74) is 0.821. The maximum absolute atomic E-state index is 8.74. The van der Waals surface area contributed by atoms with Gasteiger partial charge in [0.2, 0.25) is 5.16 Å². The number of unbranched alkanes of at least 4 members (excludes halogenated alkanes) is 2. The van der Waals surface area contributed by atoms with E-state index in [9.17, 15) is 0 Å². The topological polar surface area (TPSA) is 86.2 Å². The van der Waals surface area contributed by atoms with Crippen molar-refractivity contribution in [2.75, 3.05) is 25.3 Å². The van der Waals surface area contributed by atoms with Crippen LogP contribution >= 0.6 is 11.8 Å². The molecule has 0 fully saturated rings. The van der Waals surface area contributed by atoms with E-state index in [1.54, 1.807) is 18.9 Å². The number of aromatic nitrogens is 3. The Morgan fingerprint density at radius 3 is 2.81 bits per heavy atom. The molecule has 7 heteroatoms. The molecule has 6 nitrogen and oxygen atoms in total. The van der Waals surface area contributed by atoms with Crippen molar-refractivity contribution >= 4 is 11.8 Å². The molecule has 0 aliphatic heterocycles. The second-order valence-corrected chi connectivity index (χ2v) is 5.57. The van der Waals surface area contributed by atoms with Crippen LogP contribution in [-0.2, 0) is 0 Å². The molecule has 0 unspecified atom stereocenters. The van der Waals surface area contributed by atoms with Crippen LogP contribution in [0.5, 0.6) is 5.75 Å². The maximum Gasteiger partial charge on any atom is 0.210 e. The zero-order valence-electron chi connectivity index (χ0n) is 12.0. The summed E-state index contributed by atoms with van der Waals surface area (Å²) in [6, 6.07) is 7.58. The third kappa shape index (κ3) is 3.89. The van der Waals surface area contributed by atoms with Crippen LogP contribution in [0.25, 0.3) is 11.4 Å². The van der Waals surface area contributed by atoms with E-state index < -0.39 is 0 Å². The third-order valence-corrected chi connectivity index (χ3v) is 4.08. The fourth-order valence-corrected chi connectivity index (χ4v) is 2.80. The highest BCUT2D eigenvalue weighted by atomic mass is 32.2. The van der Waals surface area contributed by atoms with Crippen molar-refractivity contribution in [1.82, 2.24) is 14.9 Å². The second-order valence-electron chi connectivity index (χ2n) is 4.51. The first-order valence-corrected chi connectivity index (χ1v) is 7.84. The van der Waals surface area contributed by atoms with Crippen molar-refractivity contribution in [2.45, 2.75) is 24.4 Å². The number of aliphatic hydroxyl groups is 1. The number of thioether (sulfide) groups is 1. The fourth-order valence-electron chi connectivity index (χ4n) is 1.94. The lowest BCUT2D eigenvalue weighted by Gasteiger charge is -2.07. The molecule has 0 aliphatic carbocycles. The second kappa shape index (κ2) is 7.90. The molecular weight excluding hydrogens is 288 g/mol. The molecule has 0 atom stereocenters. The van der Waals surface area contributed by atoms with Gasteiger partial charge in [0.25, 0.3) is 0 Å². The van der Waals surface area contributed by atoms with Crippen molar-refractivity contribution in [3.63, 3.8) is 0 Å². The van der Waals surface area contributed by atoms with Gasteiger partial charge in [0.1, 0.15) is 5.75 Å². The Hall–Kier alpha value is -1.73. The van der Waals surface area contributed by atoms with E-state index in [-0.39, 0.29) is 6.61 Å². The number of rotatable bonds is 8. The first kappa shape index (κ1) is 15.7. The summed E-state index contributed by atoms with van der Waals surface area (Å²) in [7, 11) is 1.62. The Balaban J connectivity index is 2.06. The maximum atomic E-state index is 8.74. The number of aliphatic hydroxyl groups excluding tert-OH is 1. The van der Waals surface area contributed by atoms with Crippen molar-refractivity contribution in [3.8, 4) is 17.1 Å². The molecule has 1 aromatic carbocycles. The molecule has 2 aromatic rings. The van der Waals surface area contributed by atoms with Crippen molar-refractivity contribution in [2.24, 2.45) is 0 Å². The predicted molar refractivity (Wildman–Crippen MR) is 83.8 cm³/mol. The van der Waals surface area contributed by atoms with E-state index in [2.05, 4.69) is 10.2 Å². The monoisotopic (exact) mass is 308 g/mol. The van der Waals surface area contributed by atoms with Gasteiger partial charge < -0.3 is 15.7 Å². The molecule has 0 bridgehead atoms. The molecule has 114 valence electrons. The van der Waals surface area contributed by atoms with E-state index in [0.29, 0.717) is 11.0 Å². The molecule has 21 heavy (non-hydrogen) atoms. The lowest BCUT2D eigenvalue weighted by Crippen LogP contribution is -2.12. The summed E-state index contributed by atoms with van der Waals surface area (Å²) in [6.45, 7) is 0.246. The number of nitrogens with zero attached hydrogens (tertiary/aromatic N) is 3. The van der Waals surface area contributed by atoms with E-state index in [1.165, 1.54) is 4.68 Å². The molecule has 0 saturated carbocycles. The van der Waals surface area contributed by atoms with Crippen molar-refractivity contribution in [1.29, 1.82) is 0 Å². The molecule has 1 heterocycles. The fraction of sp³-hybridized carbons (Fsp3) is 0.429. The zero-order valence-corrected chi connectivity index (χ0v) is 12.8. The summed E-state index contributed by atoms with van der Waals surface area (Å²) < 4.78 is 6.82. The van der Waals surface area contributed by atoms with Crippen LogP contribution in [0.4, 0.5) is 0 Å². The van der Waals surface area contributed by atoms with Crippen LogP contribution in [0.3, 0.4) is 0 Å². The van der Waals surface area contributed by atoms with Crippen LogP contribution in [0.1, 0.15) is 19.3 Å². The molecular formula is C14H20N4O2S. The number of hydrogen-bond donors (Lipinski definition) is 2. The van der Waals surface area contributed by atoms with Gasteiger partial charge in [-0.3, -0.25) is 0 Å². The minimum Gasteiger partial charge on any atom is -0.496 e. The highest BCUT2D eigenvalue weighted by Crippen LogP contribution is 2.29. The van der Waals surface area contributed by atoms with Gasteiger partial charge in [-0.15, -0.1) is 10.2 Å². The smallest absolute Gasteiger partial charge is 0.210 e. The standard InChI is InChI=1S/C14H20N4O2S/c1-20-12-8-4-3-7-11(12)13-16-17-14(18(13)15)21-10-6-2-5-9-19/h3-4,7-8,19H,2,5-6,9-10,15H2,1H3. The van der Waals surface area contributed by atoms with Gasteiger partial charge in [-0.2, -0.15) is 0 Å². The van der Waals surface area contributed by atoms with Crippen LogP contribution < -0.4 is 10.6 Å². The average Bonchev–Trinajstić information content (AvgIpc) is 2.88. The van der Waals surface area contributed by atoms with Crippen molar-refractivity contribution < 1.29 is 9.84 Å². The lowest BCUT2D eigenvalue weighted by atomic mass is 10.2. The van der Waals surface area contributed by atoms with Crippen LogP contribution in [0.15, 0.2) is 29.4 Å². The Bertz CT molecular complexity index is 574. The SMILES string of the molecule is COc1ccccc1-c1nnc(SCCCCCO)n1N. The zero-order chi connectivity index (χ0) is 15.1. The van der Waals surface area contributed by atoms with Gasteiger partial charge in [0.15, 0.2) is 5.82 Å². The average molecular weight is 308 g/mol. The molecule has 0 spiro atoms. The van der Waals surface area contributed by atoms with Gasteiger partial charge >= 0.3 is 0 Å². The van der Waals surface area contributed by atoms with Crippen molar-refractivity contribution in [3.05, 3.63) is 24.3 Å². The molecule has 2 rings (SSSR count). The minimum atomic E-state index is 0.246. The minimum absolute atomic E-state index is 0.246. The van der Waals surface area contributed by atoms with Crippen LogP contribution in [-0.4, -0.2) is 39.4 Å². The molecule has 0 saturated heterocycles. The number of nitrogens with two attached hydrogens (primary N) is 1. The quantitative estimate of drug-likeness (QED) is 0.440. The Morgan fingerprint density at radius 1 is 1.24 bits per heavy atom. The molecule has 3 N–H and O–H groups in total. The largest absolute Gasteiger partial charge is 0.496 e. The molecule has 0 amide bonds. The van der Waals surface area contributed by atoms with E-state index in [0.717, 1.165) is 36.3 Å². The number of benzene rings is 1. The summed E-state index contributed by atoms with van der Waals surface area (Å²) >= 11 is 1.57. The third-order valence-electron chi connectivity index (χ3n) is 3.05. The van der Waals surface area contributed by atoms with Gasteiger partial charge in [-0.05, 0) is 25.0 Å². The molecule has 0 aliphatic rings. The van der Waals surface area contributed by atoms with Crippen LogP contribution in [0, 0.1) is 0 Å². The summed E-state index contributed by atoms with van der Waals surface area (Å²) in [4.78, 5) is 0. The number of ether oxygens (including phenoxy) is 1. The van der Waals surface area contributed by atoms with Gasteiger partial charge in [0.05, 0.1) is 12.7 Å².